The summed E-state index contributed by atoms with van der Waals surface area (Å²) in [6.07, 6.45) is 2.67. The third-order valence-electron chi connectivity index (χ3n) is 4.49. The number of nitrogens with one attached hydrogen (secondary N) is 1. The Morgan fingerprint density at radius 2 is 1.82 bits per heavy atom. The van der Waals surface area contributed by atoms with Crippen LogP contribution >= 0.6 is 22.9 Å². The fourth-order valence-corrected chi connectivity index (χ4v) is 6.10. The predicted molar refractivity (Wildman–Crippen MR) is 109 cm³/mol. The molecule has 0 unspecified atom stereocenters. The van der Waals surface area contributed by atoms with Gasteiger partial charge in [-0.3, -0.25) is 4.79 Å². The van der Waals surface area contributed by atoms with Crippen LogP contribution in [-0.2, 0) is 10.0 Å². The molecule has 1 aromatic carbocycles. The molecule has 10 heteroatoms. The summed E-state index contributed by atoms with van der Waals surface area (Å²) in [5, 5.41) is 4.59. The monoisotopic (exact) mass is 444 g/mol. The molecular formula is C18H21ClN2O5S2. The van der Waals surface area contributed by atoms with Crippen molar-refractivity contribution < 1.29 is 22.7 Å². The summed E-state index contributed by atoms with van der Waals surface area (Å²) in [5.41, 5.74) is 0.327. The van der Waals surface area contributed by atoms with Crippen LogP contribution in [0.2, 0.25) is 5.02 Å². The van der Waals surface area contributed by atoms with Gasteiger partial charge >= 0.3 is 0 Å². The lowest BCUT2D eigenvalue weighted by Gasteiger charge is -2.25. The van der Waals surface area contributed by atoms with E-state index in [4.69, 9.17) is 21.1 Å². The van der Waals surface area contributed by atoms with E-state index in [1.54, 1.807) is 11.4 Å². The number of ether oxygens (including phenoxy) is 2. The Kier molecular flexibility index (Phi) is 6.49. The maximum atomic E-state index is 13.0. The first-order valence-corrected chi connectivity index (χ1v) is 11.4. The van der Waals surface area contributed by atoms with Crippen LogP contribution in [0.1, 0.15) is 28.9 Å². The number of thiophene rings is 1. The molecule has 2 heterocycles. The molecule has 1 N–H and O–H groups in total. The highest BCUT2D eigenvalue weighted by molar-refractivity contribution is 7.89. The lowest BCUT2D eigenvalue weighted by atomic mass is 10.2. The number of methoxy groups -OCH3 is 2. The third kappa shape index (κ3) is 4.12. The van der Waals surface area contributed by atoms with Crippen molar-refractivity contribution in [3.63, 3.8) is 0 Å². The van der Waals surface area contributed by atoms with Crippen molar-refractivity contribution in [2.24, 2.45) is 0 Å². The zero-order valence-electron chi connectivity index (χ0n) is 15.5. The van der Waals surface area contributed by atoms with E-state index >= 15 is 0 Å². The second kappa shape index (κ2) is 8.69. The largest absolute Gasteiger partial charge is 0.495 e. The third-order valence-corrected chi connectivity index (χ3v) is 7.77. The first-order valence-electron chi connectivity index (χ1n) is 8.69. The number of piperidine rings is 1. The van der Waals surface area contributed by atoms with E-state index < -0.39 is 15.9 Å². The standard InChI is InChI=1S/C18H21ClN2O5S2/c1-25-14-11-15(26-2)13(10-12(14)19)20-18(22)17-16(6-9-27-17)28(23,24)21-7-4-3-5-8-21/h6,9-11H,3-5,7-8H2,1-2H3,(H,20,22). The number of hydrogen-bond donors (Lipinski definition) is 1. The van der Waals surface area contributed by atoms with Crippen LogP contribution < -0.4 is 14.8 Å². The van der Waals surface area contributed by atoms with Crippen LogP contribution in [0.4, 0.5) is 5.69 Å². The first kappa shape index (κ1) is 20.9. The van der Waals surface area contributed by atoms with Crippen molar-refractivity contribution in [2.45, 2.75) is 24.2 Å². The summed E-state index contributed by atoms with van der Waals surface area (Å²) in [5.74, 6) is 0.220. The topological polar surface area (TPSA) is 84.9 Å². The molecule has 1 aromatic heterocycles. The van der Waals surface area contributed by atoms with Crippen LogP contribution in [0.15, 0.2) is 28.5 Å². The molecule has 0 atom stereocenters. The first-order chi connectivity index (χ1) is 13.4. The lowest BCUT2D eigenvalue weighted by molar-refractivity contribution is 0.102. The van der Waals surface area contributed by atoms with E-state index in [2.05, 4.69) is 5.32 Å². The SMILES string of the molecule is COc1cc(OC)c(NC(=O)c2sccc2S(=O)(=O)N2CCCCC2)cc1Cl. The average Bonchev–Trinajstić information content (AvgIpc) is 3.20. The highest BCUT2D eigenvalue weighted by atomic mass is 35.5. The normalized spacial score (nSPS) is 15.2. The van der Waals surface area contributed by atoms with E-state index in [0.29, 0.717) is 35.3 Å². The van der Waals surface area contributed by atoms with Crippen LogP contribution in [0.25, 0.3) is 0 Å². The molecule has 1 fully saturated rings. The van der Waals surface area contributed by atoms with Gasteiger partial charge in [0, 0.05) is 19.2 Å². The number of halogens is 1. The van der Waals surface area contributed by atoms with Crippen LogP contribution in [0.5, 0.6) is 11.5 Å². The summed E-state index contributed by atoms with van der Waals surface area (Å²) in [4.78, 5) is 13.0. The molecule has 0 aliphatic carbocycles. The van der Waals surface area contributed by atoms with Gasteiger partial charge in [0.05, 0.1) is 24.9 Å². The van der Waals surface area contributed by atoms with Gasteiger partial charge in [0.2, 0.25) is 10.0 Å². The summed E-state index contributed by atoms with van der Waals surface area (Å²) in [6, 6.07) is 4.53. The van der Waals surface area contributed by atoms with Gasteiger partial charge in [-0.05, 0) is 30.4 Å². The summed E-state index contributed by atoms with van der Waals surface area (Å²) < 4.78 is 37.8. The van der Waals surface area contributed by atoms with Crippen LogP contribution in [0.3, 0.4) is 0 Å². The number of carbonyl (C=O) groups is 1. The van der Waals surface area contributed by atoms with Crippen LogP contribution in [0, 0.1) is 0 Å². The van der Waals surface area contributed by atoms with Crippen molar-refractivity contribution in [2.75, 3.05) is 32.6 Å². The van der Waals surface area contributed by atoms with E-state index in [9.17, 15) is 13.2 Å². The molecule has 1 aliphatic rings. The van der Waals surface area contributed by atoms with Gasteiger partial charge in [-0.15, -0.1) is 11.3 Å². The van der Waals surface area contributed by atoms with Crippen molar-refractivity contribution >= 4 is 44.6 Å². The summed E-state index contributed by atoms with van der Waals surface area (Å²) in [7, 11) is -0.787. The zero-order valence-corrected chi connectivity index (χ0v) is 17.9. The summed E-state index contributed by atoms with van der Waals surface area (Å²) in [6.45, 7) is 0.947. The van der Waals surface area contributed by atoms with E-state index in [0.717, 1.165) is 30.6 Å². The minimum atomic E-state index is -3.72. The summed E-state index contributed by atoms with van der Waals surface area (Å²) >= 11 is 7.22. The molecule has 7 nitrogen and oxygen atoms in total. The predicted octanol–water partition coefficient (Wildman–Crippen LogP) is 3.85. The van der Waals surface area contributed by atoms with Gasteiger partial charge in [0.25, 0.3) is 5.91 Å². The second-order valence-electron chi connectivity index (χ2n) is 6.22. The number of amides is 1. The number of carbonyl (C=O) groups excluding carboxylic acids is 1. The fourth-order valence-electron chi connectivity index (χ4n) is 3.05. The van der Waals surface area contributed by atoms with E-state index in [1.165, 1.54) is 30.7 Å². The Morgan fingerprint density at radius 1 is 1.14 bits per heavy atom. The van der Waals surface area contributed by atoms with Crippen LogP contribution in [-0.4, -0.2) is 45.9 Å². The number of hydrogen-bond acceptors (Lipinski definition) is 6. The van der Waals surface area contributed by atoms with Crippen molar-refractivity contribution in [3.05, 3.63) is 33.5 Å². The molecule has 2 aromatic rings. The van der Waals surface area contributed by atoms with Gasteiger partial charge in [-0.25, -0.2) is 8.42 Å². The van der Waals surface area contributed by atoms with E-state index in [1.807, 2.05) is 0 Å². The second-order valence-corrected chi connectivity index (χ2v) is 9.45. The highest BCUT2D eigenvalue weighted by Crippen LogP contribution is 2.37. The maximum absolute atomic E-state index is 13.0. The smallest absolute Gasteiger partial charge is 0.267 e. The molecule has 1 saturated heterocycles. The van der Waals surface area contributed by atoms with Gasteiger partial charge in [-0.2, -0.15) is 4.31 Å². The Balaban J connectivity index is 1.89. The van der Waals surface area contributed by atoms with Gasteiger partial charge in [-0.1, -0.05) is 18.0 Å². The Labute approximate surface area is 173 Å². The zero-order chi connectivity index (χ0) is 20.3. The van der Waals surface area contributed by atoms with Crippen molar-refractivity contribution in [1.29, 1.82) is 0 Å². The van der Waals surface area contributed by atoms with Crippen molar-refractivity contribution in [1.82, 2.24) is 4.31 Å². The molecule has 0 radical (unpaired) electrons. The fraction of sp³-hybridized carbons (Fsp3) is 0.389. The van der Waals surface area contributed by atoms with E-state index in [-0.39, 0.29) is 9.77 Å². The highest BCUT2D eigenvalue weighted by Gasteiger charge is 2.31. The molecular weight excluding hydrogens is 424 g/mol. The quantitative estimate of drug-likeness (QED) is 0.731. The Morgan fingerprint density at radius 3 is 2.46 bits per heavy atom. The average molecular weight is 445 g/mol. The number of rotatable bonds is 6. The molecule has 0 saturated carbocycles. The van der Waals surface area contributed by atoms with Crippen molar-refractivity contribution in [3.8, 4) is 11.5 Å². The maximum Gasteiger partial charge on any atom is 0.267 e. The van der Waals surface area contributed by atoms with Gasteiger partial charge in [0.15, 0.2) is 0 Å². The molecule has 1 aliphatic heterocycles. The molecule has 0 bridgehead atoms. The minimum Gasteiger partial charge on any atom is -0.495 e. The van der Waals surface area contributed by atoms with Gasteiger partial charge in [0.1, 0.15) is 21.3 Å². The number of benzene rings is 1. The Hall–Kier alpha value is -1.81. The Bertz CT molecular complexity index is 968. The molecule has 0 spiro atoms. The number of nitrogens with zero attached hydrogens (tertiary/aromatic N) is 1. The molecule has 152 valence electrons. The molecule has 3 rings (SSSR count). The molecule has 1 amide bonds. The number of sulfonamides is 1. The lowest BCUT2D eigenvalue weighted by Crippen LogP contribution is -2.36. The van der Waals surface area contributed by atoms with Gasteiger partial charge < -0.3 is 14.8 Å². The number of anilines is 1. The minimum absolute atomic E-state index is 0.0236. The molecule has 28 heavy (non-hydrogen) atoms.